The zero-order chi connectivity index (χ0) is 19.3. The molecule has 0 aliphatic heterocycles. The third kappa shape index (κ3) is 6.49. The molecule has 29 heavy (non-hydrogen) atoms. The van der Waals surface area contributed by atoms with Crippen LogP contribution in [0.3, 0.4) is 0 Å². The van der Waals surface area contributed by atoms with Crippen LogP contribution in [0.4, 0.5) is 0 Å². The minimum absolute atomic E-state index is 0. The Morgan fingerprint density at radius 2 is 2.00 bits per heavy atom. The predicted molar refractivity (Wildman–Crippen MR) is 118 cm³/mol. The van der Waals surface area contributed by atoms with E-state index in [2.05, 4.69) is 10.3 Å². The average molecular weight is 442 g/mol. The van der Waals surface area contributed by atoms with E-state index in [0.717, 1.165) is 31.2 Å². The number of pyridine rings is 1. The van der Waals surface area contributed by atoms with Crippen LogP contribution in [0.2, 0.25) is 0 Å². The molecular formula is C21H29Cl2N3O3. The highest BCUT2D eigenvalue weighted by molar-refractivity contribution is 5.85. The summed E-state index contributed by atoms with van der Waals surface area (Å²) < 4.78 is 11.1. The molecule has 3 N–H and O–H groups in total. The van der Waals surface area contributed by atoms with Gasteiger partial charge in [-0.25, -0.2) is 4.98 Å². The number of halogens is 2. The molecule has 0 spiro atoms. The molecule has 2 unspecified atom stereocenters. The number of carbonyl (C=O) groups is 1. The number of benzene rings is 1. The van der Waals surface area contributed by atoms with Crippen LogP contribution in [-0.2, 0) is 11.3 Å². The molecule has 1 aromatic carbocycles. The van der Waals surface area contributed by atoms with Gasteiger partial charge >= 0.3 is 0 Å². The SMILES string of the molecule is COc1cccc(Oc2ncccc2CNC(=O)C2CCCCC2(C)N)c1.Cl.Cl. The van der Waals surface area contributed by atoms with Gasteiger partial charge in [-0.3, -0.25) is 4.79 Å². The first-order valence-corrected chi connectivity index (χ1v) is 9.32. The van der Waals surface area contributed by atoms with Crippen molar-refractivity contribution in [2.75, 3.05) is 7.11 Å². The zero-order valence-electron chi connectivity index (χ0n) is 16.7. The summed E-state index contributed by atoms with van der Waals surface area (Å²) >= 11 is 0. The number of nitrogens with one attached hydrogen (secondary N) is 1. The Morgan fingerprint density at radius 3 is 2.72 bits per heavy atom. The third-order valence-corrected chi connectivity index (χ3v) is 5.13. The van der Waals surface area contributed by atoms with Crippen LogP contribution < -0.4 is 20.5 Å². The molecule has 6 nitrogen and oxygen atoms in total. The highest BCUT2D eigenvalue weighted by atomic mass is 35.5. The van der Waals surface area contributed by atoms with Gasteiger partial charge in [-0.1, -0.05) is 25.0 Å². The molecule has 2 aromatic rings. The second-order valence-electron chi connectivity index (χ2n) is 7.27. The van der Waals surface area contributed by atoms with Crippen molar-refractivity contribution in [3.05, 3.63) is 48.2 Å². The van der Waals surface area contributed by atoms with Gasteiger partial charge in [-0.15, -0.1) is 24.8 Å². The molecule has 1 aliphatic carbocycles. The molecule has 1 fully saturated rings. The fourth-order valence-corrected chi connectivity index (χ4v) is 3.52. The fraction of sp³-hybridized carbons (Fsp3) is 0.429. The molecule has 0 bridgehead atoms. The maximum absolute atomic E-state index is 12.7. The molecule has 0 radical (unpaired) electrons. The van der Waals surface area contributed by atoms with Crippen LogP contribution in [0, 0.1) is 5.92 Å². The largest absolute Gasteiger partial charge is 0.497 e. The molecule has 2 atom stereocenters. The van der Waals surface area contributed by atoms with Crippen molar-refractivity contribution in [1.82, 2.24) is 10.3 Å². The van der Waals surface area contributed by atoms with E-state index >= 15 is 0 Å². The van der Waals surface area contributed by atoms with Crippen molar-refractivity contribution in [2.45, 2.75) is 44.7 Å². The highest BCUT2D eigenvalue weighted by Crippen LogP contribution is 2.32. The van der Waals surface area contributed by atoms with Crippen LogP contribution in [0.5, 0.6) is 17.4 Å². The number of amides is 1. The highest BCUT2D eigenvalue weighted by Gasteiger charge is 2.37. The van der Waals surface area contributed by atoms with Crippen molar-refractivity contribution in [3.8, 4) is 17.4 Å². The number of nitrogens with two attached hydrogens (primary N) is 1. The van der Waals surface area contributed by atoms with Crippen LogP contribution in [0.15, 0.2) is 42.6 Å². The zero-order valence-corrected chi connectivity index (χ0v) is 18.4. The summed E-state index contributed by atoms with van der Waals surface area (Å²) in [6, 6.07) is 11.0. The van der Waals surface area contributed by atoms with Crippen LogP contribution in [-0.4, -0.2) is 23.5 Å². The van der Waals surface area contributed by atoms with E-state index in [1.807, 2.05) is 37.3 Å². The van der Waals surface area contributed by atoms with E-state index < -0.39 is 5.54 Å². The lowest BCUT2D eigenvalue weighted by Crippen LogP contribution is -2.52. The summed E-state index contributed by atoms with van der Waals surface area (Å²) in [6.07, 6.45) is 5.50. The topological polar surface area (TPSA) is 86.5 Å². The quantitative estimate of drug-likeness (QED) is 0.699. The molecule has 160 valence electrons. The Bertz CT molecular complexity index is 802. The monoisotopic (exact) mass is 441 g/mol. The average Bonchev–Trinajstić information content (AvgIpc) is 2.67. The van der Waals surface area contributed by atoms with E-state index in [1.54, 1.807) is 19.4 Å². The van der Waals surface area contributed by atoms with Crippen molar-refractivity contribution in [1.29, 1.82) is 0 Å². The Morgan fingerprint density at radius 1 is 1.24 bits per heavy atom. The van der Waals surface area contributed by atoms with Gasteiger partial charge < -0.3 is 20.5 Å². The molecule has 1 amide bonds. The lowest BCUT2D eigenvalue weighted by Gasteiger charge is -2.37. The number of methoxy groups -OCH3 is 1. The molecule has 1 aromatic heterocycles. The third-order valence-electron chi connectivity index (χ3n) is 5.13. The lowest BCUT2D eigenvalue weighted by molar-refractivity contribution is -0.128. The Hall–Kier alpha value is -2.02. The smallest absolute Gasteiger partial charge is 0.225 e. The van der Waals surface area contributed by atoms with Crippen molar-refractivity contribution < 1.29 is 14.3 Å². The van der Waals surface area contributed by atoms with Gasteiger partial charge in [-0.05, 0) is 38.0 Å². The number of hydrogen-bond donors (Lipinski definition) is 2. The number of aromatic nitrogens is 1. The number of rotatable bonds is 6. The number of ether oxygens (including phenoxy) is 2. The minimum atomic E-state index is -0.447. The fourth-order valence-electron chi connectivity index (χ4n) is 3.52. The second kappa shape index (κ2) is 11.2. The molecular weight excluding hydrogens is 413 g/mol. The van der Waals surface area contributed by atoms with Gasteiger partial charge in [0.15, 0.2) is 0 Å². The summed E-state index contributed by atoms with van der Waals surface area (Å²) in [4.78, 5) is 17.0. The minimum Gasteiger partial charge on any atom is -0.497 e. The molecule has 8 heteroatoms. The van der Waals surface area contributed by atoms with Crippen LogP contribution in [0.1, 0.15) is 38.2 Å². The molecule has 1 heterocycles. The first-order valence-electron chi connectivity index (χ1n) is 9.32. The Balaban J connectivity index is 0.00000210. The number of nitrogens with zero attached hydrogens (tertiary/aromatic N) is 1. The Kier molecular flexibility index (Phi) is 9.70. The van der Waals surface area contributed by atoms with E-state index in [4.69, 9.17) is 15.2 Å². The summed E-state index contributed by atoms with van der Waals surface area (Å²) in [5.74, 6) is 1.63. The van der Waals surface area contributed by atoms with Gasteiger partial charge in [0.2, 0.25) is 11.8 Å². The van der Waals surface area contributed by atoms with E-state index in [1.165, 1.54) is 0 Å². The van der Waals surface area contributed by atoms with Crippen molar-refractivity contribution in [3.63, 3.8) is 0 Å². The number of hydrogen-bond acceptors (Lipinski definition) is 5. The normalized spacial score (nSPS) is 20.6. The van der Waals surface area contributed by atoms with Gasteiger partial charge in [0.1, 0.15) is 11.5 Å². The van der Waals surface area contributed by atoms with Gasteiger partial charge in [-0.2, -0.15) is 0 Å². The van der Waals surface area contributed by atoms with Gasteiger partial charge in [0.05, 0.1) is 13.0 Å². The standard InChI is InChI=1S/C21H27N3O3.2ClH/c1-21(22)11-4-3-10-18(21)19(25)24-14-15-7-6-12-23-20(15)27-17-9-5-8-16(13-17)26-2;;/h5-9,12-13,18H,3-4,10-11,14,22H2,1-2H3,(H,24,25);2*1H. The second-order valence-corrected chi connectivity index (χ2v) is 7.27. The van der Waals surface area contributed by atoms with E-state index in [9.17, 15) is 4.79 Å². The molecule has 3 rings (SSSR count). The maximum Gasteiger partial charge on any atom is 0.225 e. The van der Waals surface area contributed by atoms with E-state index in [-0.39, 0.29) is 36.6 Å². The van der Waals surface area contributed by atoms with Gasteiger partial charge in [0.25, 0.3) is 0 Å². The predicted octanol–water partition coefficient (Wildman–Crippen LogP) is 4.25. The lowest BCUT2D eigenvalue weighted by atomic mass is 9.74. The summed E-state index contributed by atoms with van der Waals surface area (Å²) in [5, 5.41) is 3.01. The van der Waals surface area contributed by atoms with E-state index in [0.29, 0.717) is 23.9 Å². The number of carbonyl (C=O) groups excluding carboxylic acids is 1. The summed E-state index contributed by atoms with van der Waals surface area (Å²) in [5.41, 5.74) is 6.70. The van der Waals surface area contributed by atoms with Gasteiger partial charge in [0, 0.05) is 29.9 Å². The molecule has 1 saturated carbocycles. The Labute approximate surface area is 184 Å². The van der Waals surface area contributed by atoms with Crippen molar-refractivity contribution in [2.24, 2.45) is 11.7 Å². The van der Waals surface area contributed by atoms with Crippen molar-refractivity contribution >= 4 is 30.7 Å². The first-order chi connectivity index (χ1) is 13.0. The van der Waals surface area contributed by atoms with Crippen LogP contribution in [0.25, 0.3) is 0 Å². The molecule has 1 aliphatic rings. The first kappa shape index (κ1) is 25.0. The molecule has 0 saturated heterocycles. The summed E-state index contributed by atoms with van der Waals surface area (Å²) in [6.45, 7) is 2.32. The maximum atomic E-state index is 12.7. The summed E-state index contributed by atoms with van der Waals surface area (Å²) in [7, 11) is 1.61. The van der Waals surface area contributed by atoms with Crippen LogP contribution >= 0.6 is 24.8 Å².